The molecule has 0 radical (unpaired) electrons. The van der Waals surface area contributed by atoms with Gasteiger partial charge in [-0.15, -0.1) is 5.10 Å². The maximum Gasteiger partial charge on any atom is 0.237 e. The normalized spacial score (nSPS) is 11.8. The van der Waals surface area contributed by atoms with Gasteiger partial charge in [-0.25, -0.2) is 4.68 Å². The Bertz CT molecular complexity index is 869. The molecule has 0 bridgehead atoms. The van der Waals surface area contributed by atoms with Crippen molar-refractivity contribution in [3.05, 3.63) is 60.2 Å². The lowest BCUT2D eigenvalue weighted by Gasteiger charge is -2.13. The van der Waals surface area contributed by atoms with Gasteiger partial charge in [-0.2, -0.15) is 0 Å². The van der Waals surface area contributed by atoms with Crippen LogP contribution in [0.15, 0.2) is 59.8 Å². The van der Waals surface area contributed by atoms with Crippen molar-refractivity contribution in [2.45, 2.75) is 23.9 Å². The number of ether oxygens (including phenoxy) is 1. The molecule has 1 atom stereocenters. The number of carbonyl (C=O) groups is 1. The zero-order valence-electron chi connectivity index (χ0n) is 14.5. The highest BCUT2D eigenvalue weighted by Gasteiger charge is 2.19. The van der Waals surface area contributed by atoms with Crippen molar-refractivity contribution >= 4 is 23.4 Å². The summed E-state index contributed by atoms with van der Waals surface area (Å²) < 4.78 is 6.95. The molecule has 0 spiro atoms. The number of aromatic nitrogens is 4. The van der Waals surface area contributed by atoms with E-state index in [0.717, 1.165) is 5.56 Å². The SMILES string of the molecule is COc1ccccc1NC(=O)C(C)Sc1nnnn1Cc1ccccc1. The average molecular weight is 369 g/mol. The summed E-state index contributed by atoms with van der Waals surface area (Å²) in [6, 6.07) is 17.2. The number of thioether (sulfide) groups is 1. The Morgan fingerprint density at radius 1 is 1.19 bits per heavy atom. The predicted octanol–water partition coefficient (Wildman–Crippen LogP) is 2.85. The molecule has 26 heavy (non-hydrogen) atoms. The molecule has 8 heteroatoms. The van der Waals surface area contributed by atoms with Crippen LogP contribution in [0.2, 0.25) is 0 Å². The van der Waals surface area contributed by atoms with E-state index in [4.69, 9.17) is 4.74 Å². The second-order valence-corrected chi connectivity index (χ2v) is 6.86. The monoisotopic (exact) mass is 369 g/mol. The topological polar surface area (TPSA) is 81.9 Å². The Labute approximate surface area is 155 Å². The van der Waals surface area contributed by atoms with Crippen LogP contribution in [0, 0.1) is 0 Å². The highest BCUT2D eigenvalue weighted by molar-refractivity contribution is 8.00. The zero-order chi connectivity index (χ0) is 18.4. The molecular weight excluding hydrogens is 350 g/mol. The van der Waals surface area contributed by atoms with Gasteiger partial charge < -0.3 is 10.1 Å². The Morgan fingerprint density at radius 2 is 1.92 bits per heavy atom. The van der Waals surface area contributed by atoms with E-state index in [9.17, 15) is 4.79 Å². The van der Waals surface area contributed by atoms with E-state index in [1.54, 1.807) is 23.9 Å². The maximum absolute atomic E-state index is 12.5. The Hall–Kier alpha value is -2.87. The summed E-state index contributed by atoms with van der Waals surface area (Å²) in [5.74, 6) is 0.473. The van der Waals surface area contributed by atoms with E-state index in [1.165, 1.54) is 11.8 Å². The molecule has 3 rings (SSSR count). The van der Waals surface area contributed by atoms with Crippen LogP contribution in [0.1, 0.15) is 12.5 Å². The number of amides is 1. The zero-order valence-corrected chi connectivity index (χ0v) is 15.3. The first-order valence-corrected chi connectivity index (χ1v) is 8.96. The van der Waals surface area contributed by atoms with E-state index in [0.29, 0.717) is 23.1 Å². The number of carbonyl (C=O) groups excluding carboxylic acids is 1. The van der Waals surface area contributed by atoms with Gasteiger partial charge in [0.15, 0.2) is 0 Å². The average Bonchev–Trinajstić information content (AvgIpc) is 3.09. The largest absolute Gasteiger partial charge is 0.495 e. The third-order valence-corrected chi connectivity index (χ3v) is 4.76. The number of methoxy groups -OCH3 is 1. The molecule has 134 valence electrons. The summed E-state index contributed by atoms with van der Waals surface area (Å²) in [6.07, 6.45) is 0. The Morgan fingerprint density at radius 3 is 2.69 bits per heavy atom. The molecule has 0 saturated heterocycles. The molecule has 1 amide bonds. The molecule has 0 aliphatic heterocycles. The van der Waals surface area contributed by atoms with Crippen molar-refractivity contribution in [3.63, 3.8) is 0 Å². The number of anilines is 1. The predicted molar refractivity (Wildman–Crippen MR) is 100 cm³/mol. The molecule has 1 unspecified atom stereocenters. The fraction of sp³-hybridized carbons (Fsp3) is 0.222. The number of hydrogen-bond donors (Lipinski definition) is 1. The van der Waals surface area contributed by atoms with Gasteiger partial charge in [-0.05, 0) is 35.0 Å². The van der Waals surface area contributed by atoms with Crippen molar-refractivity contribution in [2.24, 2.45) is 0 Å². The Kier molecular flexibility index (Phi) is 5.85. The molecule has 2 aromatic carbocycles. The van der Waals surface area contributed by atoms with Crippen LogP contribution >= 0.6 is 11.8 Å². The Balaban J connectivity index is 1.65. The van der Waals surface area contributed by atoms with Crippen molar-refractivity contribution in [1.29, 1.82) is 0 Å². The minimum absolute atomic E-state index is 0.145. The highest BCUT2D eigenvalue weighted by Crippen LogP contribution is 2.26. The van der Waals surface area contributed by atoms with E-state index in [2.05, 4.69) is 20.8 Å². The summed E-state index contributed by atoms with van der Waals surface area (Å²) in [5, 5.41) is 14.9. The first-order chi connectivity index (χ1) is 12.7. The molecule has 0 aliphatic carbocycles. The summed E-state index contributed by atoms with van der Waals surface area (Å²) in [5.41, 5.74) is 1.73. The first kappa shape index (κ1) is 17.9. The van der Waals surface area contributed by atoms with Crippen LogP contribution in [-0.2, 0) is 11.3 Å². The minimum Gasteiger partial charge on any atom is -0.495 e. The lowest BCUT2D eigenvalue weighted by Crippen LogP contribution is -2.23. The maximum atomic E-state index is 12.5. The summed E-state index contributed by atoms with van der Waals surface area (Å²) >= 11 is 1.31. The molecule has 1 aromatic heterocycles. The standard InChI is InChI=1S/C18H19N5O2S/c1-13(17(24)19-15-10-6-7-11-16(15)25-2)26-18-20-21-22-23(18)12-14-8-4-3-5-9-14/h3-11,13H,12H2,1-2H3,(H,19,24). The summed E-state index contributed by atoms with van der Waals surface area (Å²) in [7, 11) is 1.57. The van der Waals surface area contributed by atoms with E-state index in [-0.39, 0.29) is 11.2 Å². The molecule has 3 aromatic rings. The molecule has 7 nitrogen and oxygen atoms in total. The van der Waals surface area contributed by atoms with Gasteiger partial charge in [0.1, 0.15) is 5.75 Å². The van der Waals surface area contributed by atoms with Crippen molar-refractivity contribution in [3.8, 4) is 5.75 Å². The van der Waals surface area contributed by atoms with Gasteiger partial charge in [-0.3, -0.25) is 4.79 Å². The van der Waals surface area contributed by atoms with Gasteiger partial charge in [0.05, 0.1) is 24.6 Å². The van der Waals surface area contributed by atoms with Crippen LogP contribution in [-0.4, -0.2) is 38.5 Å². The van der Waals surface area contributed by atoms with Gasteiger partial charge in [0.2, 0.25) is 11.1 Å². The number of nitrogens with one attached hydrogen (secondary N) is 1. The number of rotatable bonds is 7. The molecular formula is C18H19N5O2S. The molecule has 0 aliphatic rings. The van der Waals surface area contributed by atoms with Crippen LogP contribution in [0.25, 0.3) is 0 Å². The lowest BCUT2D eigenvalue weighted by molar-refractivity contribution is -0.115. The van der Waals surface area contributed by atoms with E-state index >= 15 is 0 Å². The molecule has 1 heterocycles. The van der Waals surface area contributed by atoms with Gasteiger partial charge in [-0.1, -0.05) is 54.2 Å². The van der Waals surface area contributed by atoms with Crippen LogP contribution in [0.5, 0.6) is 5.75 Å². The quantitative estimate of drug-likeness (QED) is 0.645. The van der Waals surface area contributed by atoms with Crippen molar-refractivity contribution < 1.29 is 9.53 Å². The minimum atomic E-state index is -0.375. The van der Waals surface area contributed by atoms with Gasteiger partial charge >= 0.3 is 0 Å². The fourth-order valence-electron chi connectivity index (χ4n) is 2.33. The van der Waals surface area contributed by atoms with Crippen molar-refractivity contribution in [2.75, 3.05) is 12.4 Å². The summed E-state index contributed by atoms with van der Waals surface area (Å²) in [4.78, 5) is 12.5. The second-order valence-electron chi connectivity index (χ2n) is 5.55. The first-order valence-electron chi connectivity index (χ1n) is 8.08. The van der Waals surface area contributed by atoms with Gasteiger partial charge in [0, 0.05) is 0 Å². The number of tetrazole rings is 1. The van der Waals surface area contributed by atoms with Gasteiger partial charge in [0.25, 0.3) is 0 Å². The second kappa shape index (κ2) is 8.48. The smallest absolute Gasteiger partial charge is 0.237 e. The third kappa shape index (κ3) is 4.40. The van der Waals surface area contributed by atoms with E-state index < -0.39 is 0 Å². The lowest BCUT2D eigenvalue weighted by atomic mass is 10.2. The molecule has 0 fully saturated rings. The number of para-hydroxylation sites is 2. The third-order valence-electron chi connectivity index (χ3n) is 3.69. The van der Waals surface area contributed by atoms with Crippen LogP contribution in [0.3, 0.4) is 0 Å². The van der Waals surface area contributed by atoms with Crippen LogP contribution in [0.4, 0.5) is 5.69 Å². The fourth-order valence-corrected chi connectivity index (χ4v) is 3.12. The van der Waals surface area contributed by atoms with Crippen molar-refractivity contribution in [1.82, 2.24) is 20.2 Å². The van der Waals surface area contributed by atoms with E-state index in [1.807, 2.05) is 49.4 Å². The molecule has 1 N–H and O–H groups in total. The molecule has 0 saturated carbocycles. The summed E-state index contributed by atoms with van der Waals surface area (Å²) in [6.45, 7) is 2.37. The number of benzene rings is 2. The number of hydrogen-bond acceptors (Lipinski definition) is 6. The number of nitrogens with zero attached hydrogens (tertiary/aromatic N) is 4. The van der Waals surface area contributed by atoms with Crippen LogP contribution < -0.4 is 10.1 Å². The highest BCUT2D eigenvalue weighted by atomic mass is 32.2.